The standard InChI is InChI=1S/C41H47ClN2O7/c1-27(2)23-36-39(47)50-31(20-21-32(29-13-8-6-9-14-29)30-15-10-7-11-16-30)17-12-18-37(45)44-34(25-28-19-22-35(49-5)33(42)24-28)38(46)43-26-41(3,4)40(48)51-36/h6-16,18-19,21-22,24,27,31,34,36H,17,20,23,25-26H2,1-5H3,(H,43,46)(H,44,45)/b18-12+/t31?,34?,36-/m0/s1. The summed E-state index contributed by atoms with van der Waals surface area (Å²) in [7, 11) is 1.51. The number of cyclic esters (lactones) is 2. The van der Waals surface area contributed by atoms with E-state index >= 15 is 0 Å². The van der Waals surface area contributed by atoms with Crippen molar-refractivity contribution < 1.29 is 33.4 Å². The molecule has 1 aliphatic rings. The molecular weight excluding hydrogens is 668 g/mol. The number of methoxy groups -OCH3 is 1. The van der Waals surface area contributed by atoms with Crippen molar-refractivity contribution in [2.75, 3.05) is 13.7 Å². The highest BCUT2D eigenvalue weighted by Crippen LogP contribution is 2.27. The Balaban J connectivity index is 1.67. The van der Waals surface area contributed by atoms with E-state index in [1.54, 1.807) is 38.1 Å². The molecule has 0 radical (unpaired) electrons. The summed E-state index contributed by atoms with van der Waals surface area (Å²) in [6, 6.07) is 23.9. The number of carbonyl (C=O) groups is 4. The molecule has 9 nitrogen and oxygen atoms in total. The summed E-state index contributed by atoms with van der Waals surface area (Å²) >= 11 is 6.34. The van der Waals surface area contributed by atoms with Crippen molar-refractivity contribution in [3.05, 3.63) is 119 Å². The SMILES string of the molecule is COc1ccc(CC2NC(=O)/C=C/CC(CC=C(c3ccccc3)c3ccccc3)OC(=O)[C@H](CC(C)C)OC(=O)C(C)(C)CNC2=O)cc1Cl. The van der Waals surface area contributed by atoms with Crippen LogP contribution in [-0.4, -0.2) is 55.7 Å². The second-order valence-corrected chi connectivity index (χ2v) is 14.0. The second-order valence-electron chi connectivity index (χ2n) is 13.6. The van der Waals surface area contributed by atoms with E-state index in [4.69, 9.17) is 25.8 Å². The minimum absolute atomic E-state index is 0.0145. The number of nitrogens with one attached hydrogen (secondary N) is 2. The van der Waals surface area contributed by atoms with Crippen molar-refractivity contribution in [2.45, 2.75) is 71.6 Å². The van der Waals surface area contributed by atoms with Gasteiger partial charge in [0.1, 0.15) is 17.9 Å². The summed E-state index contributed by atoms with van der Waals surface area (Å²) in [6.45, 7) is 7.00. The van der Waals surface area contributed by atoms with Gasteiger partial charge >= 0.3 is 11.9 Å². The predicted octanol–water partition coefficient (Wildman–Crippen LogP) is 6.87. The molecule has 3 aromatic rings. The predicted molar refractivity (Wildman–Crippen MR) is 198 cm³/mol. The highest BCUT2D eigenvalue weighted by atomic mass is 35.5. The summed E-state index contributed by atoms with van der Waals surface area (Å²) in [4.78, 5) is 53.9. The van der Waals surface area contributed by atoms with Crippen LogP contribution < -0.4 is 15.4 Å². The van der Waals surface area contributed by atoms with Gasteiger partial charge in [0.25, 0.3) is 0 Å². The molecule has 3 aromatic carbocycles. The van der Waals surface area contributed by atoms with E-state index in [0.717, 1.165) is 16.7 Å². The number of hydrogen-bond acceptors (Lipinski definition) is 7. The lowest BCUT2D eigenvalue weighted by Gasteiger charge is -2.28. The van der Waals surface area contributed by atoms with Gasteiger partial charge in [-0.15, -0.1) is 0 Å². The lowest BCUT2D eigenvalue weighted by Crippen LogP contribution is -2.51. The third-order valence-corrected chi connectivity index (χ3v) is 8.74. The molecule has 3 atom stereocenters. The third-order valence-electron chi connectivity index (χ3n) is 8.45. The molecule has 2 amide bonds. The molecule has 1 heterocycles. The summed E-state index contributed by atoms with van der Waals surface area (Å²) in [5, 5.41) is 5.93. The van der Waals surface area contributed by atoms with Crippen molar-refractivity contribution in [3.63, 3.8) is 0 Å². The highest BCUT2D eigenvalue weighted by molar-refractivity contribution is 6.32. The monoisotopic (exact) mass is 714 g/mol. The van der Waals surface area contributed by atoms with Crippen LogP contribution >= 0.6 is 11.6 Å². The van der Waals surface area contributed by atoms with Crippen LogP contribution in [-0.2, 0) is 35.1 Å². The summed E-state index contributed by atoms with van der Waals surface area (Å²) in [5.74, 6) is -1.83. The average molecular weight is 715 g/mol. The zero-order valence-electron chi connectivity index (χ0n) is 29.8. The molecule has 1 aliphatic heterocycles. The topological polar surface area (TPSA) is 120 Å². The van der Waals surface area contributed by atoms with Gasteiger partial charge < -0.3 is 24.8 Å². The van der Waals surface area contributed by atoms with Gasteiger partial charge in [0.15, 0.2) is 6.10 Å². The van der Waals surface area contributed by atoms with Crippen molar-refractivity contribution in [1.82, 2.24) is 10.6 Å². The molecule has 0 bridgehead atoms. The Morgan fingerprint density at radius 1 is 0.961 bits per heavy atom. The number of ether oxygens (including phenoxy) is 3. The van der Waals surface area contributed by atoms with Gasteiger partial charge in [-0.3, -0.25) is 14.4 Å². The zero-order valence-corrected chi connectivity index (χ0v) is 30.6. The first-order valence-electron chi connectivity index (χ1n) is 17.2. The van der Waals surface area contributed by atoms with E-state index in [2.05, 4.69) is 10.6 Å². The van der Waals surface area contributed by atoms with Crippen molar-refractivity contribution in [1.29, 1.82) is 0 Å². The van der Waals surface area contributed by atoms with Crippen molar-refractivity contribution in [3.8, 4) is 5.75 Å². The summed E-state index contributed by atoms with van der Waals surface area (Å²) < 4.78 is 17.1. The number of rotatable bonds is 9. The smallest absolute Gasteiger partial charge is 0.347 e. The molecular formula is C41H47ClN2O7. The molecule has 4 rings (SSSR count). The van der Waals surface area contributed by atoms with E-state index in [1.165, 1.54) is 13.2 Å². The van der Waals surface area contributed by atoms with Gasteiger partial charge in [-0.25, -0.2) is 4.79 Å². The van der Waals surface area contributed by atoms with Crippen molar-refractivity contribution >= 4 is 40.9 Å². The van der Waals surface area contributed by atoms with Gasteiger partial charge in [-0.05, 0) is 66.7 Å². The molecule has 0 spiro atoms. The Bertz CT molecular complexity index is 1680. The van der Waals surface area contributed by atoms with Crippen LogP contribution in [0.4, 0.5) is 0 Å². The maximum absolute atomic E-state index is 13.7. The van der Waals surface area contributed by atoms with Gasteiger partial charge in [-0.1, -0.05) is 104 Å². The van der Waals surface area contributed by atoms with E-state index in [9.17, 15) is 19.2 Å². The Morgan fingerprint density at radius 3 is 2.20 bits per heavy atom. The summed E-state index contributed by atoms with van der Waals surface area (Å²) in [5.41, 5.74) is 2.44. The Kier molecular flexibility index (Phi) is 14.0. The molecule has 270 valence electrons. The van der Waals surface area contributed by atoms with Gasteiger partial charge in [-0.2, -0.15) is 0 Å². The lowest BCUT2D eigenvalue weighted by molar-refractivity contribution is -0.177. The molecule has 0 saturated heterocycles. The van der Waals surface area contributed by atoms with Crippen LogP contribution in [0, 0.1) is 11.3 Å². The van der Waals surface area contributed by atoms with Gasteiger partial charge in [0, 0.05) is 25.8 Å². The van der Waals surface area contributed by atoms with Crippen LogP contribution in [0.2, 0.25) is 5.02 Å². The van der Waals surface area contributed by atoms with Crippen LogP contribution in [0.15, 0.2) is 97.1 Å². The molecule has 51 heavy (non-hydrogen) atoms. The molecule has 0 aromatic heterocycles. The van der Waals surface area contributed by atoms with Crippen LogP contribution in [0.25, 0.3) is 5.57 Å². The van der Waals surface area contributed by atoms with Crippen molar-refractivity contribution in [2.24, 2.45) is 11.3 Å². The lowest BCUT2D eigenvalue weighted by atomic mass is 9.93. The first kappa shape index (κ1) is 38.9. The largest absolute Gasteiger partial charge is 0.495 e. The van der Waals surface area contributed by atoms with E-state index in [1.807, 2.05) is 80.6 Å². The Morgan fingerprint density at radius 2 is 1.61 bits per heavy atom. The van der Waals surface area contributed by atoms with Gasteiger partial charge in [0.05, 0.1) is 17.5 Å². The highest BCUT2D eigenvalue weighted by Gasteiger charge is 2.36. The number of amides is 2. The first-order chi connectivity index (χ1) is 24.4. The number of esters is 2. The van der Waals surface area contributed by atoms with E-state index < -0.39 is 47.4 Å². The van der Waals surface area contributed by atoms with Crippen LogP contribution in [0.1, 0.15) is 63.6 Å². The number of hydrogen-bond donors (Lipinski definition) is 2. The van der Waals surface area contributed by atoms with E-state index in [0.29, 0.717) is 22.8 Å². The molecule has 0 saturated carbocycles. The number of benzene rings is 3. The molecule has 2 N–H and O–H groups in total. The molecule has 0 aliphatic carbocycles. The van der Waals surface area contributed by atoms with E-state index in [-0.39, 0.29) is 31.7 Å². The van der Waals surface area contributed by atoms with Crippen LogP contribution in [0.3, 0.4) is 0 Å². The summed E-state index contributed by atoms with van der Waals surface area (Å²) in [6.07, 6.45) is 3.99. The molecule has 10 heteroatoms. The fraction of sp³-hybridized carbons (Fsp3) is 0.366. The number of carbonyl (C=O) groups excluding carboxylic acids is 4. The zero-order chi connectivity index (χ0) is 37.0. The normalized spacial score (nSPS) is 20.7. The fourth-order valence-electron chi connectivity index (χ4n) is 5.56. The van der Waals surface area contributed by atoms with Gasteiger partial charge in [0.2, 0.25) is 11.8 Å². The second kappa shape index (κ2) is 18.4. The Hall–Kier alpha value is -4.89. The molecule has 2 unspecified atom stereocenters. The minimum Gasteiger partial charge on any atom is -0.495 e. The third kappa shape index (κ3) is 11.6. The quantitative estimate of drug-likeness (QED) is 0.232. The fourth-order valence-corrected chi connectivity index (χ4v) is 5.84. The first-order valence-corrected chi connectivity index (χ1v) is 17.5. The molecule has 0 fully saturated rings. The maximum Gasteiger partial charge on any atom is 0.347 e. The maximum atomic E-state index is 13.7. The number of halogens is 1. The average Bonchev–Trinajstić information content (AvgIpc) is 3.10. The minimum atomic E-state index is -1.21. The van der Waals surface area contributed by atoms with Crippen LogP contribution in [0.5, 0.6) is 5.75 Å². The Labute approximate surface area is 305 Å².